The lowest BCUT2D eigenvalue weighted by atomic mass is 10.1. The van der Waals surface area contributed by atoms with Gasteiger partial charge in [0.25, 0.3) is 0 Å². The van der Waals surface area contributed by atoms with Crippen molar-refractivity contribution in [2.75, 3.05) is 6.61 Å². The molecule has 1 atom stereocenters. The second-order valence-electron chi connectivity index (χ2n) is 7.56. The van der Waals surface area contributed by atoms with Crippen molar-refractivity contribution in [2.45, 2.75) is 32.4 Å². The average Bonchev–Trinajstić information content (AvgIpc) is 3.50. The lowest BCUT2D eigenvalue weighted by molar-refractivity contribution is 0.0973. The molecule has 1 aliphatic heterocycles. The van der Waals surface area contributed by atoms with E-state index in [-0.39, 0.29) is 6.10 Å². The van der Waals surface area contributed by atoms with Gasteiger partial charge in [0.1, 0.15) is 5.69 Å². The molecule has 0 spiro atoms. The molecule has 0 N–H and O–H groups in total. The third-order valence-electron chi connectivity index (χ3n) is 5.44. The van der Waals surface area contributed by atoms with E-state index in [2.05, 4.69) is 52.5 Å². The summed E-state index contributed by atoms with van der Waals surface area (Å²) in [6.45, 7) is 3.74. The van der Waals surface area contributed by atoms with Gasteiger partial charge in [0.2, 0.25) is 0 Å². The summed E-state index contributed by atoms with van der Waals surface area (Å²) in [6, 6.07) is 18.8. The van der Waals surface area contributed by atoms with Crippen LogP contribution in [-0.4, -0.2) is 31.8 Å². The van der Waals surface area contributed by atoms with Crippen LogP contribution in [0.4, 0.5) is 0 Å². The maximum atomic E-state index is 5.90. The SMILES string of the molecule is Cc1cccc(-n2ccnc2-c2c(-c3ccccc3)ncn2C[C@@H]2CCCO2)c1. The predicted molar refractivity (Wildman–Crippen MR) is 114 cm³/mol. The van der Waals surface area contributed by atoms with Gasteiger partial charge in [-0.3, -0.25) is 4.57 Å². The number of nitrogens with zero attached hydrogens (tertiary/aromatic N) is 4. The Labute approximate surface area is 170 Å². The van der Waals surface area contributed by atoms with Crippen molar-refractivity contribution in [3.8, 4) is 28.5 Å². The van der Waals surface area contributed by atoms with Gasteiger partial charge in [-0.2, -0.15) is 0 Å². The van der Waals surface area contributed by atoms with Gasteiger partial charge < -0.3 is 9.30 Å². The summed E-state index contributed by atoms with van der Waals surface area (Å²) < 4.78 is 10.2. The highest BCUT2D eigenvalue weighted by Crippen LogP contribution is 2.32. The number of ether oxygens (including phenoxy) is 1. The maximum absolute atomic E-state index is 5.90. The minimum absolute atomic E-state index is 0.231. The quantitative estimate of drug-likeness (QED) is 0.492. The van der Waals surface area contributed by atoms with E-state index in [0.29, 0.717) is 0 Å². The van der Waals surface area contributed by atoms with E-state index in [9.17, 15) is 0 Å². The molecular weight excluding hydrogens is 360 g/mol. The number of hydrogen-bond donors (Lipinski definition) is 0. The van der Waals surface area contributed by atoms with Gasteiger partial charge in [-0.15, -0.1) is 0 Å². The molecule has 1 fully saturated rings. The van der Waals surface area contributed by atoms with E-state index < -0.39 is 0 Å². The molecule has 1 saturated heterocycles. The summed E-state index contributed by atoms with van der Waals surface area (Å²) in [5.41, 5.74) is 5.38. The van der Waals surface area contributed by atoms with Crippen molar-refractivity contribution >= 4 is 0 Å². The zero-order chi connectivity index (χ0) is 19.6. The van der Waals surface area contributed by atoms with Crippen LogP contribution in [0.3, 0.4) is 0 Å². The molecule has 0 bridgehead atoms. The molecule has 3 heterocycles. The van der Waals surface area contributed by atoms with Crippen LogP contribution >= 0.6 is 0 Å². The minimum Gasteiger partial charge on any atom is -0.376 e. The van der Waals surface area contributed by atoms with Crippen LogP contribution in [0.25, 0.3) is 28.5 Å². The van der Waals surface area contributed by atoms with E-state index in [1.165, 1.54) is 5.56 Å². The smallest absolute Gasteiger partial charge is 0.163 e. The molecule has 2 aromatic heterocycles. The lowest BCUT2D eigenvalue weighted by Gasteiger charge is -2.15. The fourth-order valence-electron chi connectivity index (χ4n) is 4.03. The summed E-state index contributed by atoms with van der Waals surface area (Å²) in [5, 5.41) is 0. The summed E-state index contributed by atoms with van der Waals surface area (Å²) in [7, 11) is 0. The van der Waals surface area contributed by atoms with Crippen LogP contribution in [0.2, 0.25) is 0 Å². The summed E-state index contributed by atoms with van der Waals surface area (Å²) >= 11 is 0. The minimum atomic E-state index is 0.231. The van der Waals surface area contributed by atoms with Crippen LogP contribution in [0.15, 0.2) is 73.3 Å². The predicted octanol–water partition coefficient (Wildman–Crippen LogP) is 4.89. The molecule has 1 aliphatic rings. The molecule has 0 amide bonds. The largest absolute Gasteiger partial charge is 0.376 e. The van der Waals surface area contributed by atoms with Crippen molar-refractivity contribution in [1.82, 2.24) is 19.1 Å². The van der Waals surface area contributed by atoms with Gasteiger partial charge in [-0.05, 0) is 37.5 Å². The van der Waals surface area contributed by atoms with Crippen LogP contribution < -0.4 is 0 Å². The van der Waals surface area contributed by atoms with Crippen molar-refractivity contribution in [3.63, 3.8) is 0 Å². The van der Waals surface area contributed by atoms with Crippen molar-refractivity contribution in [1.29, 1.82) is 0 Å². The summed E-state index contributed by atoms with van der Waals surface area (Å²) in [5.74, 6) is 0.893. The normalized spacial score (nSPS) is 16.4. The number of aryl methyl sites for hydroxylation is 1. The summed E-state index contributed by atoms with van der Waals surface area (Å²) in [6.07, 6.45) is 8.24. The van der Waals surface area contributed by atoms with Crippen LogP contribution in [-0.2, 0) is 11.3 Å². The molecule has 4 aromatic rings. The summed E-state index contributed by atoms with van der Waals surface area (Å²) in [4.78, 5) is 9.54. The van der Waals surface area contributed by atoms with Crippen LogP contribution in [0.1, 0.15) is 18.4 Å². The Kier molecular flexibility index (Phi) is 4.74. The number of rotatable bonds is 5. The first-order valence-corrected chi connectivity index (χ1v) is 10.1. The molecule has 0 aliphatic carbocycles. The fourth-order valence-corrected chi connectivity index (χ4v) is 4.03. The zero-order valence-electron chi connectivity index (χ0n) is 16.5. The Morgan fingerprint density at radius 3 is 2.76 bits per heavy atom. The Hall–Kier alpha value is -3.18. The second kappa shape index (κ2) is 7.68. The monoisotopic (exact) mass is 384 g/mol. The third-order valence-corrected chi connectivity index (χ3v) is 5.44. The van der Waals surface area contributed by atoms with Crippen molar-refractivity contribution in [2.24, 2.45) is 0 Å². The first kappa shape index (κ1) is 17.9. The maximum Gasteiger partial charge on any atom is 0.163 e. The van der Waals surface area contributed by atoms with E-state index >= 15 is 0 Å². The molecule has 0 unspecified atom stereocenters. The second-order valence-corrected chi connectivity index (χ2v) is 7.56. The molecule has 29 heavy (non-hydrogen) atoms. The van der Waals surface area contributed by atoms with E-state index in [1.54, 1.807) is 0 Å². The Balaban J connectivity index is 1.65. The van der Waals surface area contributed by atoms with Gasteiger partial charge in [0.15, 0.2) is 5.82 Å². The van der Waals surface area contributed by atoms with Crippen LogP contribution in [0, 0.1) is 6.92 Å². The first-order valence-electron chi connectivity index (χ1n) is 10.1. The highest BCUT2D eigenvalue weighted by Gasteiger charge is 2.23. The first-order chi connectivity index (χ1) is 14.3. The molecule has 0 radical (unpaired) electrons. The van der Waals surface area contributed by atoms with Gasteiger partial charge in [0.05, 0.1) is 24.7 Å². The van der Waals surface area contributed by atoms with E-state index in [4.69, 9.17) is 14.7 Å². The highest BCUT2D eigenvalue weighted by molar-refractivity contribution is 5.76. The Bertz CT molecular complexity index is 1110. The Morgan fingerprint density at radius 1 is 1.07 bits per heavy atom. The third kappa shape index (κ3) is 3.49. The van der Waals surface area contributed by atoms with Crippen LogP contribution in [0.5, 0.6) is 0 Å². The van der Waals surface area contributed by atoms with E-state index in [0.717, 1.165) is 54.5 Å². The molecule has 2 aromatic carbocycles. The molecule has 5 rings (SSSR count). The lowest BCUT2D eigenvalue weighted by Crippen LogP contribution is -2.16. The zero-order valence-corrected chi connectivity index (χ0v) is 16.5. The van der Waals surface area contributed by atoms with Gasteiger partial charge >= 0.3 is 0 Å². The van der Waals surface area contributed by atoms with E-state index in [1.807, 2.05) is 36.9 Å². The fraction of sp³-hybridized carbons (Fsp3) is 0.250. The van der Waals surface area contributed by atoms with Crippen molar-refractivity contribution < 1.29 is 4.74 Å². The van der Waals surface area contributed by atoms with Crippen molar-refractivity contribution in [3.05, 3.63) is 78.9 Å². The number of hydrogen-bond acceptors (Lipinski definition) is 3. The molecule has 5 heteroatoms. The average molecular weight is 384 g/mol. The number of benzene rings is 2. The van der Waals surface area contributed by atoms with Gasteiger partial charge in [-0.25, -0.2) is 9.97 Å². The Morgan fingerprint density at radius 2 is 1.97 bits per heavy atom. The standard InChI is InChI=1S/C24H24N4O/c1-18-7-5-10-20(15-18)28-13-12-25-24(28)23-22(19-8-3-2-4-9-19)26-17-27(23)16-21-11-6-14-29-21/h2-5,7-10,12-13,15,17,21H,6,11,14,16H2,1H3/t21-/m0/s1. The molecule has 0 saturated carbocycles. The molecule has 5 nitrogen and oxygen atoms in total. The van der Waals surface area contributed by atoms with Gasteiger partial charge in [-0.1, -0.05) is 42.5 Å². The molecular formula is C24H24N4O. The number of imidazole rings is 2. The van der Waals surface area contributed by atoms with Gasteiger partial charge in [0, 0.05) is 30.3 Å². The highest BCUT2D eigenvalue weighted by atomic mass is 16.5. The topological polar surface area (TPSA) is 44.9 Å². The molecule has 146 valence electrons. The number of aromatic nitrogens is 4.